The maximum Gasteiger partial charge on any atom is 0.251 e. The Labute approximate surface area is 130 Å². The first kappa shape index (κ1) is 15.8. The third kappa shape index (κ3) is 3.97. The molecule has 1 aromatic heterocycles. The molecule has 0 aliphatic heterocycles. The predicted octanol–water partition coefficient (Wildman–Crippen LogP) is 2.04. The Morgan fingerprint density at radius 2 is 1.86 bits per heavy atom. The molecular weight excluding hydrogens is 278 g/mol. The van der Waals surface area contributed by atoms with E-state index >= 15 is 0 Å². The predicted molar refractivity (Wildman–Crippen MR) is 86.1 cm³/mol. The maximum absolute atomic E-state index is 12.2. The summed E-state index contributed by atoms with van der Waals surface area (Å²) in [6.45, 7) is 4.59. The van der Waals surface area contributed by atoms with E-state index in [9.17, 15) is 9.59 Å². The fourth-order valence-electron chi connectivity index (χ4n) is 2.11. The van der Waals surface area contributed by atoms with Crippen LogP contribution in [0.2, 0.25) is 0 Å². The highest BCUT2D eigenvalue weighted by Crippen LogP contribution is 2.16. The molecule has 0 aliphatic rings. The molecule has 0 spiro atoms. The number of hydrogen-bond donors (Lipinski definition) is 2. The second kappa shape index (κ2) is 7.45. The van der Waals surface area contributed by atoms with Crippen LogP contribution in [0.3, 0.4) is 0 Å². The van der Waals surface area contributed by atoms with E-state index in [0.29, 0.717) is 12.1 Å². The molecule has 1 heterocycles. The van der Waals surface area contributed by atoms with Crippen molar-refractivity contribution in [2.45, 2.75) is 20.3 Å². The molecule has 116 valence electrons. The van der Waals surface area contributed by atoms with Crippen molar-refractivity contribution in [3.8, 4) is 5.69 Å². The standard InChI is InChI=1S/C17H21N3O2/c1-3-8-18-16(21)12-19-17(22)14-7-6-13(2)15(11-14)20-9-4-5-10-20/h4-7,9-11H,3,8,12H2,1-2H3,(H,18,21)(H,19,22). The van der Waals surface area contributed by atoms with Gasteiger partial charge in [-0.3, -0.25) is 9.59 Å². The molecule has 1 aromatic carbocycles. The van der Waals surface area contributed by atoms with Crippen molar-refractivity contribution in [3.05, 3.63) is 53.9 Å². The first-order valence-corrected chi connectivity index (χ1v) is 7.40. The molecule has 0 fully saturated rings. The second-order valence-corrected chi connectivity index (χ2v) is 5.12. The van der Waals surface area contributed by atoms with Crippen LogP contribution in [-0.4, -0.2) is 29.5 Å². The maximum atomic E-state index is 12.2. The minimum atomic E-state index is -0.250. The number of aryl methyl sites for hydroxylation is 1. The Balaban J connectivity index is 2.04. The first-order chi connectivity index (χ1) is 10.6. The van der Waals surface area contributed by atoms with Gasteiger partial charge in [-0.1, -0.05) is 13.0 Å². The zero-order valence-corrected chi connectivity index (χ0v) is 12.9. The lowest BCUT2D eigenvalue weighted by molar-refractivity contribution is -0.120. The molecule has 0 aliphatic carbocycles. The van der Waals surface area contributed by atoms with Crippen molar-refractivity contribution in [1.82, 2.24) is 15.2 Å². The molecule has 22 heavy (non-hydrogen) atoms. The molecule has 0 atom stereocenters. The van der Waals surface area contributed by atoms with E-state index in [1.54, 1.807) is 6.07 Å². The Morgan fingerprint density at radius 1 is 1.14 bits per heavy atom. The van der Waals surface area contributed by atoms with Crippen molar-refractivity contribution in [1.29, 1.82) is 0 Å². The van der Waals surface area contributed by atoms with E-state index in [0.717, 1.165) is 17.7 Å². The summed E-state index contributed by atoms with van der Waals surface area (Å²) in [6, 6.07) is 9.37. The zero-order chi connectivity index (χ0) is 15.9. The highest BCUT2D eigenvalue weighted by Gasteiger charge is 2.10. The van der Waals surface area contributed by atoms with Gasteiger partial charge in [-0.25, -0.2) is 0 Å². The Kier molecular flexibility index (Phi) is 5.36. The fraction of sp³-hybridized carbons (Fsp3) is 0.294. The smallest absolute Gasteiger partial charge is 0.251 e. The molecule has 0 saturated heterocycles. The number of carbonyl (C=O) groups excluding carboxylic acids is 2. The third-order valence-electron chi connectivity index (χ3n) is 3.34. The molecule has 0 unspecified atom stereocenters. The number of aromatic nitrogens is 1. The van der Waals surface area contributed by atoms with Crippen LogP contribution in [0.1, 0.15) is 29.3 Å². The van der Waals surface area contributed by atoms with Crippen molar-refractivity contribution < 1.29 is 9.59 Å². The van der Waals surface area contributed by atoms with E-state index in [4.69, 9.17) is 0 Å². The SMILES string of the molecule is CCCNC(=O)CNC(=O)c1ccc(C)c(-n2cccc2)c1. The molecule has 0 bridgehead atoms. The van der Waals surface area contributed by atoms with E-state index in [2.05, 4.69) is 10.6 Å². The number of carbonyl (C=O) groups is 2. The Morgan fingerprint density at radius 3 is 2.55 bits per heavy atom. The first-order valence-electron chi connectivity index (χ1n) is 7.40. The number of rotatable bonds is 6. The molecule has 2 rings (SSSR count). The molecule has 0 saturated carbocycles. The summed E-state index contributed by atoms with van der Waals surface area (Å²) in [5.41, 5.74) is 2.57. The van der Waals surface area contributed by atoms with Crippen LogP contribution in [0.4, 0.5) is 0 Å². The van der Waals surface area contributed by atoms with E-state index in [1.807, 2.05) is 55.1 Å². The second-order valence-electron chi connectivity index (χ2n) is 5.12. The molecule has 5 heteroatoms. The van der Waals surface area contributed by atoms with Gasteiger partial charge in [0.05, 0.1) is 6.54 Å². The summed E-state index contributed by atoms with van der Waals surface area (Å²) >= 11 is 0. The lowest BCUT2D eigenvalue weighted by atomic mass is 10.1. The molecular formula is C17H21N3O2. The van der Waals surface area contributed by atoms with Crippen LogP contribution in [0.25, 0.3) is 5.69 Å². The van der Waals surface area contributed by atoms with Gasteiger partial charge < -0.3 is 15.2 Å². The van der Waals surface area contributed by atoms with E-state index in [-0.39, 0.29) is 18.4 Å². The summed E-state index contributed by atoms with van der Waals surface area (Å²) < 4.78 is 1.96. The van der Waals surface area contributed by atoms with Gasteiger partial charge in [-0.15, -0.1) is 0 Å². The lowest BCUT2D eigenvalue weighted by Crippen LogP contribution is -2.37. The Hall–Kier alpha value is -2.56. The zero-order valence-electron chi connectivity index (χ0n) is 12.9. The third-order valence-corrected chi connectivity index (χ3v) is 3.34. The number of nitrogens with one attached hydrogen (secondary N) is 2. The molecule has 0 radical (unpaired) electrons. The van der Waals surface area contributed by atoms with Gasteiger partial charge >= 0.3 is 0 Å². The van der Waals surface area contributed by atoms with Crippen LogP contribution in [0.5, 0.6) is 0 Å². The van der Waals surface area contributed by atoms with Gasteiger partial charge in [0.2, 0.25) is 5.91 Å². The van der Waals surface area contributed by atoms with Gasteiger partial charge in [0, 0.05) is 30.2 Å². The monoisotopic (exact) mass is 299 g/mol. The number of hydrogen-bond acceptors (Lipinski definition) is 2. The largest absolute Gasteiger partial charge is 0.355 e. The summed E-state index contributed by atoms with van der Waals surface area (Å²) in [6.07, 6.45) is 4.74. The van der Waals surface area contributed by atoms with E-state index in [1.165, 1.54) is 0 Å². The molecule has 2 amide bonds. The van der Waals surface area contributed by atoms with Crippen molar-refractivity contribution >= 4 is 11.8 Å². The van der Waals surface area contributed by atoms with Crippen LogP contribution in [0.15, 0.2) is 42.7 Å². The van der Waals surface area contributed by atoms with Gasteiger partial charge in [0.15, 0.2) is 0 Å². The molecule has 2 N–H and O–H groups in total. The average molecular weight is 299 g/mol. The quantitative estimate of drug-likeness (QED) is 0.857. The van der Waals surface area contributed by atoms with Gasteiger partial charge in [0.1, 0.15) is 0 Å². The van der Waals surface area contributed by atoms with Crippen LogP contribution in [0, 0.1) is 6.92 Å². The van der Waals surface area contributed by atoms with Gasteiger partial charge in [-0.05, 0) is 43.2 Å². The molecule has 5 nitrogen and oxygen atoms in total. The average Bonchev–Trinajstić information content (AvgIpc) is 3.05. The minimum absolute atomic E-state index is 0.00837. The summed E-state index contributed by atoms with van der Waals surface area (Å²) in [5.74, 6) is -0.423. The minimum Gasteiger partial charge on any atom is -0.355 e. The topological polar surface area (TPSA) is 63.1 Å². The number of nitrogens with zero attached hydrogens (tertiary/aromatic N) is 1. The highest BCUT2D eigenvalue weighted by atomic mass is 16.2. The van der Waals surface area contributed by atoms with Crippen LogP contribution in [-0.2, 0) is 4.79 Å². The van der Waals surface area contributed by atoms with Gasteiger partial charge in [-0.2, -0.15) is 0 Å². The van der Waals surface area contributed by atoms with Gasteiger partial charge in [0.25, 0.3) is 5.91 Å². The lowest BCUT2D eigenvalue weighted by Gasteiger charge is -2.10. The van der Waals surface area contributed by atoms with E-state index < -0.39 is 0 Å². The van der Waals surface area contributed by atoms with Crippen molar-refractivity contribution in [3.63, 3.8) is 0 Å². The van der Waals surface area contributed by atoms with Crippen LogP contribution >= 0.6 is 0 Å². The summed E-state index contributed by atoms with van der Waals surface area (Å²) in [5, 5.41) is 5.36. The van der Waals surface area contributed by atoms with Crippen molar-refractivity contribution in [2.24, 2.45) is 0 Å². The Bertz CT molecular complexity index is 648. The fourth-order valence-corrected chi connectivity index (χ4v) is 2.11. The number of amides is 2. The summed E-state index contributed by atoms with van der Waals surface area (Å²) in [7, 11) is 0. The molecule has 2 aromatic rings. The van der Waals surface area contributed by atoms with Crippen LogP contribution < -0.4 is 10.6 Å². The van der Waals surface area contributed by atoms with Crippen molar-refractivity contribution in [2.75, 3.05) is 13.1 Å². The summed E-state index contributed by atoms with van der Waals surface area (Å²) in [4.78, 5) is 23.7. The highest BCUT2D eigenvalue weighted by molar-refractivity contribution is 5.97. The normalized spacial score (nSPS) is 10.3. The number of benzene rings is 1.